The maximum absolute atomic E-state index is 9.86. The number of aliphatic carboxylic acids is 1. The minimum absolute atomic E-state index is 0. The third-order valence-corrected chi connectivity index (χ3v) is 0.867. The molecule has 0 rings (SSSR count). The van der Waals surface area contributed by atoms with Gasteiger partial charge in [0.05, 0.1) is 19.3 Å². The van der Waals surface area contributed by atoms with E-state index in [1.165, 1.54) is 0 Å². The van der Waals surface area contributed by atoms with E-state index in [0.717, 1.165) is 0 Å². The number of hydrogen-bond donors (Lipinski definition) is 4. The van der Waals surface area contributed by atoms with E-state index in [2.05, 4.69) is 5.32 Å². The van der Waals surface area contributed by atoms with Gasteiger partial charge < -0.3 is 20.6 Å². The normalized spacial score (nSPS) is 11.8. The molecular weight excluding hydrogens is 161 g/mol. The van der Waals surface area contributed by atoms with Crippen LogP contribution in [0.5, 0.6) is 0 Å². The molecule has 4 N–H and O–H groups in total. The van der Waals surface area contributed by atoms with Gasteiger partial charge in [0, 0.05) is 6.54 Å². The summed E-state index contributed by atoms with van der Waals surface area (Å²) < 4.78 is 0. The van der Waals surface area contributed by atoms with Crippen LogP contribution in [0.2, 0.25) is 0 Å². The zero-order valence-electron chi connectivity index (χ0n) is 5.45. The van der Waals surface area contributed by atoms with Gasteiger partial charge in [0.25, 0.3) is 0 Å². The Bertz CT molecular complexity index is 111. The van der Waals surface area contributed by atoms with Crippen LogP contribution in [0, 0.1) is 0 Å². The molecule has 1 atom stereocenters. The van der Waals surface area contributed by atoms with E-state index in [9.17, 15) is 4.79 Å². The molecule has 62 valence electrons. The second-order valence-electron chi connectivity index (χ2n) is 1.86. The van der Waals surface area contributed by atoms with Gasteiger partial charge in [-0.1, -0.05) is 0 Å². The number of rotatable bonds is 5. The molecule has 0 heterocycles. The van der Waals surface area contributed by atoms with Crippen molar-refractivity contribution < 1.29 is 20.1 Å². The molecule has 5 nitrogen and oxygen atoms in total. The van der Waals surface area contributed by atoms with Crippen molar-refractivity contribution in [2.45, 2.75) is 6.10 Å². The third-order valence-electron chi connectivity index (χ3n) is 0.867. The first-order valence-corrected chi connectivity index (χ1v) is 2.88. The molecule has 1 unspecified atom stereocenters. The monoisotopic (exact) mass is 173 g/mol. The van der Waals surface area contributed by atoms with Crippen LogP contribution in [0.4, 0.5) is 0 Å². The average Bonchev–Trinajstić information content (AvgIpc) is 1.87. The van der Waals surface area contributed by atoms with Gasteiger partial charge in [-0.3, -0.25) is 4.79 Å². The fourth-order valence-corrected chi connectivity index (χ4v) is 0.410. The first-order valence-electron chi connectivity index (χ1n) is 2.88. The predicted molar refractivity (Wildman–Crippen MR) is 40.7 cm³/mol. The second-order valence-corrected chi connectivity index (χ2v) is 1.86. The summed E-state index contributed by atoms with van der Waals surface area (Å²) in [5.74, 6) is -0.981. The Kier molecular flexibility index (Phi) is 10.7. The number of hydrogen-bond acceptors (Lipinski definition) is 4. The summed E-state index contributed by atoms with van der Waals surface area (Å²) in [6.07, 6.45) is -0.876. The first kappa shape index (κ1) is 13.9. The molecule has 11 heavy (non-hydrogen) atoms. The molecule has 0 bridgehead atoms. The van der Waals surface area contributed by atoms with Crippen LogP contribution >= 0.6 is 0 Å². The van der Waals surface area contributed by atoms with Crippen molar-refractivity contribution in [3.63, 3.8) is 0 Å². The van der Waals surface area contributed by atoms with Crippen molar-refractivity contribution in [3.8, 4) is 0 Å². The number of nitrogens with one attached hydrogen (secondary N) is 1. The Morgan fingerprint density at radius 3 is 2.45 bits per heavy atom. The van der Waals surface area contributed by atoms with Gasteiger partial charge in [-0.05, 0) is 0 Å². The van der Waals surface area contributed by atoms with Gasteiger partial charge in [-0.15, -0.1) is 0 Å². The number of aliphatic hydroxyl groups excluding tert-OH is 2. The van der Waals surface area contributed by atoms with Crippen LogP contribution in [0.15, 0.2) is 0 Å². The van der Waals surface area contributed by atoms with Crippen LogP contribution in [-0.2, 0) is 4.79 Å². The molecule has 0 aliphatic rings. The molecule has 0 aromatic carbocycles. The molecule has 0 aromatic rings. The quantitative estimate of drug-likeness (QED) is 0.341. The van der Waals surface area contributed by atoms with Gasteiger partial charge in [-0.25, -0.2) is 0 Å². The standard InChI is InChI=1S/C5H11NO4.Na.H/c7-3-4(8)1-6-2-5(9)10;;/h4,6-8H,1-3H2,(H,9,10);;. The maximum atomic E-state index is 9.86. The summed E-state index contributed by atoms with van der Waals surface area (Å²) in [6, 6.07) is 0. The van der Waals surface area contributed by atoms with Crippen molar-refractivity contribution in [3.05, 3.63) is 0 Å². The number of carbonyl (C=O) groups is 1. The summed E-state index contributed by atoms with van der Waals surface area (Å²) in [6.45, 7) is -0.452. The van der Waals surface area contributed by atoms with E-state index in [0.29, 0.717) is 0 Å². The third kappa shape index (κ3) is 10.4. The van der Waals surface area contributed by atoms with E-state index in [-0.39, 0.29) is 49.3 Å². The Morgan fingerprint density at radius 1 is 1.55 bits per heavy atom. The molecular formula is C5H12NNaO4. The van der Waals surface area contributed by atoms with Gasteiger partial charge in [-0.2, -0.15) is 0 Å². The Labute approximate surface area is 86.7 Å². The topological polar surface area (TPSA) is 89.8 Å². The van der Waals surface area contributed by atoms with E-state index < -0.39 is 12.1 Å². The SMILES string of the molecule is O=C(O)CNCC(O)CO.[NaH]. The molecule has 0 spiro atoms. The van der Waals surface area contributed by atoms with E-state index in [1.54, 1.807) is 0 Å². The fourth-order valence-electron chi connectivity index (χ4n) is 0.410. The predicted octanol–water partition coefficient (Wildman–Crippen LogP) is -2.63. The Morgan fingerprint density at radius 2 is 2.09 bits per heavy atom. The van der Waals surface area contributed by atoms with Crippen molar-refractivity contribution >= 4 is 35.5 Å². The summed E-state index contributed by atoms with van der Waals surface area (Å²) >= 11 is 0. The summed E-state index contributed by atoms with van der Waals surface area (Å²) in [4.78, 5) is 9.86. The van der Waals surface area contributed by atoms with Crippen molar-refractivity contribution in [2.24, 2.45) is 0 Å². The summed E-state index contributed by atoms with van der Waals surface area (Å²) in [5, 5.41) is 27.4. The average molecular weight is 173 g/mol. The number of carboxylic acids is 1. The molecule has 0 fully saturated rings. The van der Waals surface area contributed by atoms with Crippen molar-refractivity contribution in [1.29, 1.82) is 0 Å². The summed E-state index contributed by atoms with van der Waals surface area (Å²) in [5.41, 5.74) is 0. The zero-order valence-corrected chi connectivity index (χ0v) is 5.45. The molecule has 0 saturated heterocycles. The molecule has 0 aliphatic carbocycles. The second kappa shape index (κ2) is 8.45. The van der Waals surface area contributed by atoms with Gasteiger partial charge in [0.2, 0.25) is 0 Å². The van der Waals surface area contributed by atoms with Crippen LogP contribution in [0.1, 0.15) is 0 Å². The van der Waals surface area contributed by atoms with Crippen LogP contribution in [-0.4, -0.2) is 76.6 Å². The Hall–Kier alpha value is 0.350. The summed E-state index contributed by atoms with van der Waals surface area (Å²) in [7, 11) is 0. The van der Waals surface area contributed by atoms with Crippen LogP contribution in [0.3, 0.4) is 0 Å². The molecule has 0 aromatic heterocycles. The van der Waals surface area contributed by atoms with Gasteiger partial charge >= 0.3 is 35.5 Å². The number of carboxylic acid groups (broad SMARTS) is 1. The first-order chi connectivity index (χ1) is 4.66. The Balaban J connectivity index is 0. The van der Waals surface area contributed by atoms with E-state index >= 15 is 0 Å². The minimum atomic E-state index is -0.981. The van der Waals surface area contributed by atoms with Gasteiger partial charge in [0.15, 0.2) is 0 Å². The molecule has 0 radical (unpaired) electrons. The molecule has 0 amide bonds. The van der Waals surface area contributed by atoms with E-state index in [4.69, 9.17) is 15.3 Å². The van der Waals surface area contributed by atoms with E-state index in [1.807, 2.05) is 0 Å². The van der Waals surface area contributed by atoms with Crippen molar-refractivity contribution in [1.82, 2.24) is 5.32 Å². The number of aliphatic hydroxyl groups is 2. The molecule has 6 heteroatoms. The van der Waals surface area contributed by atoms with Gasteiger partial charge in [0.1, 0.15) is 0 Å². The molecule has 0 aliphatic heterocycles. The fraction of sp³-hybridized carbons (Fsp3) is 0.800. The van der Waals surface area contributed by atoms with Crippen molar-refractivity contribution in [2.75, 3.05) is 19.7 Å². The molecule has 0 saturated carbocycles. The van der Waals surface area contributed by atoms with Crippen LogP contribution < -0.4 is 5.32 Å². The van der Waals surface area contributed by atoms with Crippen LogP contribution in [0.25, 0.3) is 0 Å². The zero-order chi connectivity index (χ0) is 7.98.